The van der Waals surface area contributed by atoms with Crippen LogP contribution in [0, 0.1) is 20.8 Å². The van der Waals surface area contributed by atoms with Crippen LogP contribution in [-0.4, -0.2) is 16.9 Å². The zero-order valence-electron chi connectivity index (χ0n) is 16.0. The number of nitrogens with one attached hydrogen (secondary N) is 1. The van der Waals surface area contributed by atoms with Crippen molar-refractivity contribution in [2.24, 2.45) is 0 Å². The Morgan fingerprint density at radius 1 is 1.08 bits per heavy atom. The number of carbonyl (C=O) groups is 1. The summed E-state index contributed by atoms with van der Waals surface area (Å²) in [7, 11) is 0. The number of hydrogen-bond donors (Lipinski definition) is 1. The molecule has 3 aromatic rings. The van der Waals surface area contributed by atoms with E-state index in [1.165, 1.54) is 5.56 Å². The average Bonchev–Trinajstić information content (AvgIpc) is 2.61. The second-order valence-corrected chi connectivity index (χ2v) is 7.19. The van der Waals surface area contributed by atoms with Crippen LogP contribution >= 0.6 is 0 Å². The van der Waals surface area contributed by atoms with Crippen LogP contribution in [0.15, 0.2) is 48.5 Å². The molecule has 134 valence electrons. The number of rotatable bonds is 5. The Morgan fingerprint density at radius 2 is 1.81 bits per heavy atom. The van der Waals surface area contributed by atoms with Crippen molar-refractivity contribution in [1.29, 1.82) is 0 Å². The van der Waals surface area contributed by atoms with Gasteiger partial charge in [0, 0.05) is 17.1 Å². The van der Waals surface area contributed by atoms with Gasteiger partial charge >= 0.3 is 0 Å². The van der Waals surface area contributed by atoms with Gasteiger partial charge in [0.05, 0.1) is 11.1 Å². The summed E-state index contributed by atoms with van der Waals surface area (Å²) in [4.78, 5) is 17.6. The number of benzene rings is 2. The first-order valence-electron chi connectivity index (χ1n) is 9.17. The average molecular weight is 346 g/mol. The fourth-order valence-electron chi connectivity index (χ4n) is 3.40. The van der Waals surface area contributed by atoms with Crippen LogP contribution in [0.4, 0.5) is 0 Å². The van der Waals surface area contributed by atoms with Crippen LogP contribution in [0.2, 0.25) is 0 Å². The molecule has 2 aromatic carbocycles. The summed E-state index contributed by atoms with van der Waals surface area (Å²) in [5.41, 5.74) is 6.04. The zero-order chi connectivity index (χ0) is 18.7. The molecule has 3 rings (SSSR count). The van der Waals surface area contributed by atoms with E-state index in [1.807, 2.05) is 26.0 Å². The number of amides is 1. The highest BCUT2D eigenvalue weighted by Gasteiger charge is 2.15. The molecular weight excluding hydrogens is 320 g/mol. The van der Waals surface area contributed by atoms with E-state index in [1.54, 1.807) is 0 Å². The summed E-state index contributed by atoms with van der Waals surface area (Å²) < 4.78 is 0. The maximum atomic E-state index is 12.9. The molecule has 0 unspecified atom stereocenters. The lowest BCUT2D eigenvalue weighted by molar-refractivity contribution is 0.0940. The van der Waals surface area contributed by atoms with Crippen molar-refractivity contribution in [3.63, 3.8) is 0 Å². The van der Waals surface area contributed by atoms with E-state index in [9.17, 15) is 4.79 Å². The van der Waals surface area contributed by atoms with Crippen LogP contribution in [0.25, 0.3) is 10.9 Å². The second-order valence-electron chi connectivity index (χ2n) is 7.19. The third-order valence-electron chi connectivity index (χ3n) is 4.71. The topological polar surface area (TPSA) is 42.0 Å². The van der Waals surface area contributed by atoms with E-state index in [0.717, 1.165) is 40.6 Å². The highest BCUT2D eigenvalue weighted by atomic mass is 16.1. The van der Waals surface area contributed by atoms with E-state index >= 15 is 0 Å². The standard InChI is InChI=1S/C23H26N2O/c1-15-12-16(2)22-20(13-15)21(14-18(4)24-22)23(26)25-17(3)10-11-19-8-6-5-7-9-19/h5-9,12-14,17H,10-11H2,1-4H3,(H,25,26)/t17-/m0/s1. The van der Waals surface area contributed by atoms with Gasteiger partial charge in [0.15, 0.2) is 0 Å². The first kappa shape index (κ1) is 18.1. The summed E-state index contributed by atoms with van der Waals surface area (Å²) in [6, 6.07) is 16.5. The molecule has 0 radical (unpaired) electrons. The predicted molar refractivity (Wildman–Crippen MR) is 108 cm³/mol. The summed E-state index contributed by atoms with van der Waals surface area (Å²) in [6.45, 7) is 8.10. The van der Waals surface area contributed by atoms with Gasteiger partial charge in [-0.15, -0.1) is 0 Å². The van der Waals surface area contributed by atoms with Crippen LogP contribution in [0.5, 0.6) is 0 Å². The Balaban J connectivity index is 1.79. The molecule has 1 aromatic heterocycles. The minimum Gasteiger partial charge on any atom is -0.350 e. The van der Waals surface area contributed by atoms with Crippen molar-refractivity contribution >= 4 is 16.8 Å². The molecule has 1 heterocycles. The van der Waals surface area contributed by atoms with Crippen molar-refractivity contribution in [2.75, 3.05) is 0 Å². The van der Waals surface area contributed by atoms with E-state index < -0.39 is 0 Å². The molecule has 3 heteroatoms. The Hall–Kier alpha value is -2.68. The molecule has 1 atom stereocenters. The van der Waals surface area contributed by atoms with Crippen molar-refractivity contribution in [3.8, 4) is 0 Å². The summed E-state index contributed by atoms with van der Waals surface area (Å²) in [5, 5.41) is 4.09. The molecular formula is C23H26N2O. The van der Waals surface area contributed by atoms with Crippen molar-refractivity contribution < 1.29 is 4.79 Å². The number of aryl methyl sites for hydroxylation is 4. The normalized spacial score (nSPS) is 12.2. The van der Waals surface area contributed by atoms with Crippen LogP contribution in [0.1, 0.15) is 46.1 Å². The zero-order valence-corrected chi connectivity index (χ0v) is 16.0. The SMILES string of the molecule is Cc1cc(C)c2nc(C)cc(C(=O)N[C@@H](C)CCc3ccccc3)c2c1. The molecule has 0 fully saturated rings. The van der Waals surface area contributed by atoms with E-state index in [0.29, 0.717) is 5.56 Å². The molecule has 3 nitrogen and oxygen atoms in total. The maximum absolute atomic E-state index is 12.9. The number of hydrogen-bond acceptors (Lipinski definition) is 2. The maximum Gasteiger partial charge on any atom is 0.252 e. The summed E-state index contributed by atoms with van der Waals surface area (Å²) >= 11 is 0. The molecule has 0 aliphatic carbocycles. The van der Waals surface area contributed by atoms with Gasteiger partial charge < -0.3 is 5.32 Å². The number of fused-ring (bicyclic) bond motifs is 1. The quantitative estimate of drug-likeness (QED) is 0.713. The summed E-state index contributed by atoms with van der Waals surface area (Å²) in [6.07, 6.45) is 1.87. The minimum absolute atomic E-state index is 0.0222. The third-order valence-corrected chi connectivity index (χ3v) is 4.71. The number of aromatic nitrogens is 1. The molecule has 26 heavy (non-hydrogen) atoms. The van der Waals surface area contributed by atoms with Gasteiger partial charge in [-0.1, -0.05) is 42.0 Å². The third kappa shape index (κ3) is 4.10. The Bertz CT molecular complexity index is 932. The van der Waals surface area contributed by atoms with Crippen LogP contribution in [0.3, 0.4) is 0 Å². The fourth-order valence-corrected chi connectivity index (χ4v) is 3.40. The first-order valence-corrected chi connectivity index (χ1v) is 9.17. The molecule has 1 amide bonds. The second kappa shape index (κ2) is 7.69. The van der Waals surface area contributed by atoms with Crippen LogP contribution < -0.4 is 5.32 Å². The highest BCUT2D eigenvalue weighted by Crippen LogP contribution is 2.23. The van der Waals surface area contributed by atoms with Crippen molar-refractivity contribution in [3.05, 3.63) is 76.5 Å². The predicted octanol–water partition coefficient (Wildman–Crippen LogP) is 4.91. The Kier molecular flexibility index (Phi) is 5.36. The van der Waals surface area contributed by atoms with Gasteiger partial charge in [0.25, 0.3) is 5.91 Å². The first-order chi connectivity index (χ1) is 12.4. The Labute approximate surface area is 155 Å². The van der Waals surface area contributed by atoms with Gasteiger partial charge in [0.2, 0.25) is 0 Å². The van der Waals surface area contributed by atoms with Crippen molar-refractivity contribution in [1.82, 2.24) is 10.3 Å². The van der Waals surface area contributed by atoms with Gasteiger partial charge in [-0.25, -0.2) is 0 Å². The number of carbonyl (C=O) groups excluding carboxylic acids is 1. The lowest BCUT2D eigenvalue weighted by Crippen LogP contribution is -2.33. The van der Waals surface area contributed by atoms with E-state index in [4.69, 9.17) is 0 Å². The largest absolute Gasteiger partial charge is 0.350 e. The monoisotopic (exact) mass is 346 g/mol. The van der Waals surface area contributed by atoms with Crippen molar-refractivity contribution in [2.45, 2.75) is 46.6 Å². The highest BCUT2D eigenvalue weighted by molar-refractivity contribution is 6.07. The number of pyridine rings is 1. The molecule has 0 aliphatic heterocycles. The molecule has 0 bridgehead atoms. The number of nitrogens with zero attached hydrogens (tertiary/aromatic N) is 1. The Morgan fingerprint density at radius 3 is 2.54 bits per heavy atom. The molecule has 1 N–H and O–H groups in total. The molecule has 0 spiro atoms. The lowest BCUT2D eigenvalue weighted by atomic mass is 10.0. The smallest absolute Gasteiger partial charge is 0.252 e. The van der Waals surface area contributed by atoms with Gasteiger partial charge in [-0.3, -0.25) is 9.78 Å². The molecule has 0 saturated carbocycles. The van der Waals surface area contributed by atoms with Crippen LogP contribution in [-0.2, 0) is 6.42 Å². The van der Waals surface area contributed by atoms with E-state index in [-0.39, 0.29) is 11.9 Å². The fraction of sp³-hybridized carbons (Fsp3) is 0.304. The molecule has 0 saturated heterocycles. The minimum atomic E-state index is -0.0222. The van der Waals surface area contributed by atoms with Gasteiger partial charge in [-0.05, 0) is 63.8 Å². The molecule has 0 aliphatic rings. The summed E-state index contributed by atoms with van der Waals surface area (Å²) in [5.74, 6) is -0.0222. The van der Waals surface area contributed by atoms with E-state index in [2.05, 4.69) is 60.5 Å². The van der Waals surface area contributed by atoms with Gasteiger partial charge in [-0.2, -0.15) is 0 Å². The lowest BCUT2D eigenvalue weighted by Gasteiger charge is -2.16. The van der Waals surface area contributed by atoms with Gasteiger partial charge in [0.1, 0.15) is 0 Å².